The van der Waals surface area contributed by atoms with Gasteiger partial charge in [0.2, 0.25) is 0 Å². The Morgan fingerprint density at radius 3 is 3.09 bits per heavy atom. The quantitative estimate of drug-likeness (QED) is 0.736. The van der Waals surface area contributed by atoms with Crippen molar-refractivity contribution in [3.63, 3.8) is 0 Å². The molecule has 23 heavy (non-hydrogen) atoms. The second-order valence-electron chi connectivity index (χ2n) is 5.38. The van der Waals surface area contributed by atoms with Crippen molar-refractivity contribution in [1.29, 1.82) is 0 Å². The summed E-state index contributed by atoms with van der Waals surface area (Å²) in [4.78, 5) is 11.1. The number of aryl methyl sites for hydroxylation is 1. The fraction of sp³-hybridized carbons (Fsp3) is 0.312. The van der Waals surface area contributed by atoms with Crippen LogP contribution < -0.4 is 4.90 Å². The summed E-state index contributed by atoms with van der Waals surface area (Å²) in [5.74, 6) is 1.98. The first-order chi connectivity index (χ1) is 11.3. The lowest BCUT2D eigenvalue weighted by Crippen LogP contribution is -2.39. The van der Waals surface area contributed by atoms with Gasteiger partial charge in [0, 0.05) is 19.3 Å². The van der Waals surface area contributed by atoms with Gasteiger partial charge in [0.25, 0.3) is 5.89 Å². The van der Waals surface area contributed by atoms with E-state index in [1.807, 2.05) is 19.1 Å². The third-order valence-corrected chi connectivity index (χ3v) is 4.53. The first-order valence-electron chi connectivity index (χ1n) is 7.45. The van der Waals surface area contributed by atoms with Gasteiger partial charge >= 0.3 is 0 Å². The molecule has 0 radical (unpaired) electrons. The number of thiophene rings is 1. The highest BCUT2D eigenvalue weighted by Crippen LogP contribution is 2.32. The zero-order chi connectivity index (χ0) is 15.6. The van der Waals surface area contributed by atoms with Crippen LogP contribution in [0.25, 0.3) is 11.5 Å². The molecule has 1 atom stereocenters. The molecule has 4 rings (SSSR count). The second-order valence-corrected chi connectivity index (χ2v) is 6.16. The summed E-state index contributed by atoms with van der Waals surface area (Å²) in [6, 6.07) is 5.96. The van der Waals surface area contributed by atoms with Crippen LogP contribution in [0, 0.1) is 6.92 Å². The highest BCUT2D eigenvalue weighted by Gasteiger charge is 2.26. The van der Waals surface area contributed by atoms with Gasteiger partial charge in [0.15, 0.2) is 5.82 Å². The standard InChI is InChI=1S/C16H16N4O2S/c1-11-18-16(22-19-11)13-3-2-5-17-15(13)20-6-7-21-14(9-20)12-4-8-23-10-12/h2-5,8,10,14H,6-7,9H2,1H3/t14-/m1/s1. The summed E-state index contributed by atoms with van der Waals surface area (Å²) >= 11 is 1.69. The van der Waals surface area contributed by atoms with Gasteiger partial charge in [-0.2, -0.15) is 16.3 Å². The molecule has 3 aromatic heterocycles. The smallest absolute Gasteiger partial charge is 0.261 e. The molecule has 1 saturated heterocycles. The zero-order valence-corrected chi connectivity index (χ0v) is 13.5. The fourth-order valence-corrected chi connectivity index (χ4v) is 3.43. The number of hydrogen-bond donors (Lipinski definition) is 0. The molecule has 1 aliphatic heterocycles. The average Bonchev–Trinajstić information content (AvgIpc) is 3.27. The number of hydrogen-bond acceptors (Lipinski definition) is 7. The second kappa shape index (κ2) is 6.10. The number of pyridine rings is 1. The van der Waals surface area contributed by atoms with Crippen LogP contribution >= 0.6 is 11.3 Å². The van der Waals surface area contributed by atoms with Gasteiger partial charge < -0.3 is 14.2 Å². The Morgan fingerprint density at radius 1 is 1.35 bits per heavy atom. The van der Waals surface area contributed by atoms with E-state index in [9.17, 15) is 0 Å². The summed E-state index contributed by atoms with van der Waals surface area (Å²) in [5.41, 5.74) is 2.07. The number of aromatic nitrogens is 3. The van der Waals surface area contributed by atoms with Gasteiger partial charge in [-0.1, -0.05) is 5.16 Å². The van der Waals surface area contributed by atoms with Gasteiger partial charge in [-0.25, -0.2) is 4.98 Å². The molecule has 1 aliphatic rings. The average molecular weight is 328 g/mol. The Bertz CT molecular complexity index is 787. The van der Waals surface area contributed by atoms with Crippen LogP contribution in [0.4, 0.5) is 5.82 Å². The van der Waals surface area contributed by atoms with Crippen molar-refractivity contribution in [2.24, 2.45) is 0 Å². The summed E-state index contributed by atoms with van der Waals surface area (Å²) in [6.45, 7) is 4.02. The molecule has 3 aromatic rings. The van der Waals surface area contributed by atoms with E-state index in [-0.39, 0.29) is 6.10 Å². The van der Waals surface area contributed by atoms with Crippen LogP contribution in [-0.4, -0.2) is 34.8 Å². The Kier molecular flexibility index (Phi) is 3.80. The Hall–Kier alpha value is -2.25. The van der Waals surface area contributed by atoms with Gasteiger partial charge in [0.1, 0.15) is 11.9 Å². The molecule has 1 fully saturated rings. The van der Waals surface area contributed by atoms with Gasteiger partial charge in [-0.05, 0) is 41.4 Å². The van der Waals surface area contributed by atoms with E-state index in [0.29, 0.717) is 18.3 Å². The maximum Gasteiger partial charge on any atom is 0.261 e. The fourth-order valence-electron chi connectivity index (χ4n) is 2.72. The van der Waals surface area contributed by atoms with Crippen LogP contribution in [-0.2, 0) is 4.74 Å². The number of ether oxygens (including phenoxy) is 1. The number of nitrogens with zero attached hydrogens (tertiary/aromatic N) is 4. The van der Waals surface area contributed by atoms with E-state index in [2.05, 4.69) is 36.9 Å². The molecule has 4 heterocycles. The van der Waals surface area contributed by atoms with E-state index in [4.69, 9.17) is 9.26 Å². The zero-order valence-electron chi connectivity index (χ0n) is 12.7. The molecule has 6 nitrogen and oxygen atoms in total. The molecule has 7 heteroatoms. The van der Waals surface area contributed by atoms with Crippen LogP contribution in [0.2, 0.25) is 0 Å². The summed E-state index contributed by atoms with van der Waals surface area (Å²) in [6.07, 6.45) is 1.85. The monoisotopic (exact) mass is 328 g/mol. The minimum Gasteiger partial charge on any atom is -0.370 e. The van der Waals surface area contributed by atoms with Crippen LogP contribution in [0.5, 0.6) is 0 Å². The Morgan fingerprint density at radius 2 is 2.30 bits per heavy atom. The van der Waals surface area contributed by atoms with Gasteiger partial charge in [-0.3, -0.25) is 0 Å². The summed E-state index contributed by atoms with van der Waals surface area (Å²) < 4.78 is 11.2. The van der Waals surface area contributed by atoms with Crippen molar-refractivity contribution in [3.8, 4) is 11.5 Å². The van der Waals surface area contributed by atoms with Crippen LogP contribution in [0.15, 0.2) is 39.7 Å². The van der Waals surface area contributed by atoms with E-state index in [1.165, 1.54) is 5.56 Å². The van der Waals surface area contributed by atoms with Gasteiger partial charge in [-0.15, -0.1) is 0 Å². The molecule has 0 aliphatic carbocycles. The van der Waals surface area contributed by atoms with Crippen molar-refractivity contribution < 1.29 is 9.26 Å². The molecular formula is C16H16N4O2S. The molecule has 0 N–H and O–H groups in total. The first kappa shape index (κ1) is 14.3. The minimum absolute atomic E-state index is 0.0641. The summed E-state index contributed by atoms with van der Waals surface area (Å²) in [5, 5.41) is 8.09. The van der Waals surface area contributed by atoms with Gasteiger partial charge in [0.05, 0.1) is 12.2 Å². The lowest BCUT2D eigenvalue weighted by molar-refractivity contribution is 0.0398. The van der Waals surface area contributed by atoms with Crippen LogP contribution in [0.3, 0.4) is 0 Å². The number of rotatable bonds is 3. The van der Waals surface area contributed by atoms with E-state index < -0.39 is 0 Å². The molecule has 0 unspecified atom stereocenters. The summed E-state index contributed by atoms with van der Waals surface area (Å²) in [7, 11) is 0. The number of morpholine rings is 1. The first-order valence-corrected chi connectivity index (χ1v) is 8.40. The third-order valence-electron chi connectivity index (χ3n) is 3.83. The molecule has 118 valence electrons. The topological polar surface area (TPSA) is 64.3 Å². The van der Waals surface area contributed by atoms with Crippen LogP contribution in [0.1, 0.15) is 17.5 Å². The SMILES string of the molecule is Cc1noc(-c2cccnc2N2CCO[C@@H](c3ccsc3)C2)n1. The van der Waals surface area contributed by atoms with Crippen molar-refractivity contribution >= 4 is 17.2 Å². The molecule has 0 bridgehead atoms. The predicted octanol–water partition coefficient (Wildman–Crippen LogP) is 3.08. The normalized spacial score (nSPS) is 18.3. The molecule has 0 amide bonds. The van der Waals surface area contributed by atoms with Crippen molar-refractivity contribution in [2.45, 2.75) is 13.0 Å². The van der Waals surface area contributed by atoms with Crippen molar-refractivity contribution in [3.05, 3.63) is 46.5 Å². The molecule has 0 aromatic carbocycles. The lowest BCUT2D eigenvalue weighted by Gasteiger charge is -2.34. The highest BCUT2D eigenvalue weighted by atomic mass is 32.1. The van der Waals surface area contributed by atoms with Crippen molar-refractivity contribution in [2.75, 3.05) is 24.6 Å². The maximum atomic E-state index is 5.91. The van der Waals surface area contributed by atoms with E-state index in [0.717, 1.165) is 24.5 Å². The Balaban J connectivity index is 1.65. The van der Waals surface area contributed by atoms with E-state index in [1.54, 1.807) is 17.5 Å². The molecule has 0 spiro atoms. The van der Waals surface area contributed by atoms with E-state index >= 15 is 0 Å². The number of anilines is 1. The van der Waals surface area contributed by atoms with Crippen molar-refractivity contribution in [1.82, 2.24) is 15.1 Å². The maximum absolute atomic E-state index is 5.91. The third kappa shape index (κ3) is 2.85. The Labute approximate surface area is 137 Å². The molecule has 0 saturated carbocycles. The predicted molar refractivity (Wildman–Crippen MR) is 87.5 cm³/mol. The minimum atomic E-state index is 0.0641. The largest absolute Gasteiger partial charge is 0.370 e. The lowest BCUT2D eigenvalue weighted by atomic mass is 10.1. The molecular weight excluding hydrogens is 312 g/mol. The highest BCUT2D eigenvalue weighted by molar-refractivity contribution is 7.07.